The number of carbonyl (C=O) groups is 1. The molecule has 1 saturated heterocycles. The third-order valence-corrected chi connectivity index (χ3v) is 4.83. The van der Waals surface area contributed by atoms with Crippen molar-refractivity contribution in [2.45, 2.75) is 51.7 Å². The van der Waals surface area contributed by atoms with Crippen LogP contribution < -0.4 is 20.3 Å². The zero-order valence-corrected chi connectivity index (χ0v) is 20.4. The van der Waals surface area contributed by atoms with Crippen LogP contribution in [0.3, 0.4) is 0 Å². The van der Waals surface area contributed by atoms with Crippen molar-refractivity contribution in [3.05, 3.63) is 24.3 Å². The normalized spacial score (nSPS) is 16.1. The van der Waals surface area contributed by atoms with Gasteiger partial charge in [-0.05, 0) is 38.3 Å². The van der Waals surface area contributed by atoms with Crippen molar-refractivity contribution in [2.75, 3.05) is 38.2 Å². The number of ether oxygens (including phenoxy) is 2. The fraction of sp³-hybridized carbons (Fsp3) is 0.619. The number of aliphatic imine (C=N–C) groups is 1. The zero-order chi connectivity index (χ0) is 21.8. The number of benzene rings is 1. The Morgan fingerprint density at radius 2 is 2.06 bits per heavy atom. The summed E-state index contributed by atoms with van der Waals surface area (Å²) < 4.78 is 34.6. The van der Waals surface area contributed by atoms with E-state index >= 15 is 0 Å². The predicted octanol–water partition coefficient (Wildman–Crippen LogP) is 3.77. The molecule has 176 valence electrons. The number of rotatable bonds is 11. The Bertz CT molecular complexity index is 694. The zero-order valence-electron chi connectivity index (χ0n) is 18.1. The lowest BCUT2D eigenvalue weighted by Gasteiger charge is -2.22. The van der Waals surface area contributed by atoms with Crippen molar-refractivity contribution in [3.8, 4) is 5.75 Å². The number of para-hydroxylation sites is 2. The fourth-order valence-electron chi connectivity index (χ4n) is 3.38. The summed E-state index contributed by atoms with van der Waals surface area (Å²) in [7, 11) is 1.40. The van der Waals surface area contributed by atoms with Gasteiger partial charge in [-0.2, -0.15) is 8.78 Å². The summed E-state index contributed by atoms with van der Waals surface area (Å²) >= 11 is 0. The van der Waals surface area contributed by atoms with Gasteiger partial charge in [-0.15, -0.1) is 24.0 Å². The molecule has 31 heavy (non-hydrogen) atoms. The van der Waals surface area contributed by atoms with Gasteiger partial charge in [0.2, 0.25) is 0 Å². The molecule has 0 radical (unpaired) electrons. The molecule has 0 bridgehead atoms. The molecule has 7 nitrogen and oxygen atoms in total. The SMILES string of the molecule is CCNC(=NCCCCCC(=O)OC)NC1CCN(c2ccccc2OC(F)F)C1.I. The Kier molecular flexibility index (Phi) is 13.2. The number of nitrogens with zero attached hydrogens (tertiary/aromatic N) is 2. The van der Waals surface area contributed by atoms with Crippen LogP contribution in [0.1, 0.15) is 39.0 Å². The second-order valence-electron chi connectivity index (χ2n) is 7.07. The van der Waals surface area contributed by atoms with Gasteiger partial charge in [0.05, 0.1) is 12.8 Å². The molecule has 1 aromatic rings. The van der Waals surface area contributed by atoms with E-state index in [1.165, 1.54) is 7.11 Å². The highest BCUT2D eigenvalue weighted by molar-refractivity contribution is 14.0. The van der Waals surface area contributed by atoms with E-state index in [1.54, 1.807) is 18.2 Å². The summed E-state index contributed by atoms with van der Waals surface area (Å²) in [6, 6.07) is 7.03. The Morgan fingerprint density at radius 1 is 1.29 bits per heavy atom. The van der Waals surface area contributed by atoms with Crippen LogP contribution in [0.2, 0.25) is 0 Å². The summed E-state index contributed by atoms with van der Waals surface area (Å²) in [5, 5.41) is 6.67. The molecular formula is C21H33F2IN4O3. The number of anilines is 1. The minimum absolute atomic E-state index is 0. The number of hydrogen-bond donors (Lipinski definition) is 2. The highest BCUT2D eigenvalue weighted by atomic mass is 127. The van der Waals surface area contributed by atoms with E-state index in [9.17, 15) is 13.6 Å². The average Bonchev–Trinajstić information content (AvgIpc) is 3.18. The van der Waals surface area contributed by atoms with Gasteiger partial charge in [-0.3, -0.25) is 9.79 Å². The maximum absolute atomic E-state index is 12.7. The van der Waals surface area contributed by atoms with E-state index in [1.807, 2.05) is 17.9 Å². The molecule has 2 rings (SSSR count). The average molecular weight is 554 g/mol. The second-order valence-corrected chi connectivity index (χ2v) is 7.07. The summed E-state index contributed by atoms with van der Waals surface area (Å²) in [5.41, 5.74) is 0.676. The van der Waals surface area contributed by atoms with Gasteiger partial charge < -0.3 is 25.0 Å². The van der Waals surface area contributed by atoms with Crippen molar-refractivity contribution < 1.29 is 23.0 Å². The van der Waals surface area contributed by atoms with Crippen LogP contribution in [0.5, 0.6) is 5.75 Å². The molecule has 1 heterocycles. The monoisotopic (exact) mass is 554 g/mol. The Morgan fingerprint density at radius 3 is 2.77 bits per heavy atom. The number of nitrogens with one attached hydrogen (secondary N) is 2. The molecule has 0 amide bonds. The molecule has 1 unspecified atom stereocenters. The number of carbonyl (C=O) groups excluding carboxylic acids is 1. The number of methoxy groups -OCH3 is 1. The Balaban J connectivity index is 0.00000480. The molecule has 0 aromatic heterocycles. The first-order valence-electron chi connectivity index (χ1n) is 10.4. The number of unbranched alkanes of at least 4 members (excludes halogenated alkanes) is 2. The van der Waals surface area contributed by atoms with Gasteiger partial charge in [-0.25, -0.2) is 0 Å². The van der Waals surface area contributed by atoms with Crippen molar-refractivity contribution in [1.29, 1.82) is 0 Å². The topological polar surface area (TPSA) is 75.2 Å². The molecule has 2 N–H and O–H groups in total. The third kappa shape index (κ3) is 9.88. The molecule has 1 aliphatic rings. The highest BCUT2D eigenvalue weighted by Gasteiger charge is 2.26. The van der Waals surface area contributed by atoms with E-state index in [2.05, 4.69) is 25.1 Å². The molecule has 1 aliphatic heterocycles. The molecule has 0 spiro atoms. The second kappa shape index (κ2) is 15.0. The number of alkyl halides is 2. The number of guanidine groups is 1. The van der Waals surface area contributed by atoms with Crippen molar-refractivity contribution in [1.82, 2.24) is 10.6 Å². The smallest absolute Gasteiger partial charge is 0.387 e. The minimum Gasteiger partial charge on any atom is -0.469 e. The number of halogens is 3. The molecule has 0 saturated carbocycles. The Labute approximate surface area is 200 Å². The van der Waals surface area contributed by atoms with Crippen LogP contribution in [0.25, 0.3) is 0 Å². The summed E-state index contributed by atoms with van der Waals surface area (Å²) in [4.78, 5) is 17.8. The van der Waals surface area contributed by atoms with Gasteiger partial charge in [0.25, 0.3) is 0 Å². The Hall–Kier alpha value is -1.85. The maximum Gasteiger partial charge on any atom is 0.387 e. The van der Waals surface area contributed by atoms with Crippen molar-refractivity contribution in [3.63, 3.8) is 0 Å². The van der Waals surface area contributed by atoms with E-state index in [0.29, 0.717) is 25.2 Å². The standard InChI is InChI=1S/C21H32F2N4O3.HI/c1-3-24-21(25-13-8-4-5-11-19(28)29-2)26-16-12-14-27(15-16)17-9-6-7-10-18(17)30-20(22)23;/h6-7,9-10,16,20H,3-5,8,11-15H2,1-2H3,(H2,24,25,26);1H. The first-order valence-corrected chi connectivity index (χ1v) is 10.4. The number of esters is 1. The molecule has 1 aromatic carbocycles. The first kappa shape index (κ1) is 27.2. The fourth-order valence-corrected chi connectivity index (χ4v) is 3.38. The highest BCUT2D eigenvalue weighted by Crippen LogP contribution is 2.31. The van der Waals surface area contributed by atoms with Crippen LogP contribution in [0.15, 0.2) is 29.3 Å². The quantitative estimate of drug-likeness (QED) is 0.143. The summed E-state index contributed by atoms with van der Waals surface area (Å²) in [6.45, 7) is 1.99. The van der Waals surface area contributed by atoms with Crippen molar-refractivity contribution >= 4 is 41.6 Å². The van der Waals surface area contributed by atoms with Crippen LogP contribution >= 0.6 is 24.0 Å². The molecule has 1 fully saturated rings. The molecular weight excluding hydrogens is 521 g/mol. The lowest BCUT2D eigenvalue weighted by atomic mass is 10.2. The lowest BCUT2D eigenvalue weighted by molar-refractivity contribution is -0.140. The van der Waals surface area contributed by atoms with Gasteiger partial charge in [0, 0.05) is 38.6 Å². The van der Waals surface area contributed by atoms with Gasteiger partial charge in [0.15, 0.2) is 5.96 Å². The third-order valence-electron chi connectivity index (χ3n) is 4.83. The van der Waals surface area contributed by atoms with Gasteiger partial charge in [-0.1, -0.05) is 18.6 Å². The van der Waals surface area contributed by atoms with E-state index < -0.39 is 6.61 Å². The van der Waals surface area contributed by atoms with E-state index in [4.69, 9.17) is 0 Å². The van der Waals surface area contributed by atoms with E-state index in [0.717, 1.165) is 44.7 Å². The largest absolute Gasteiger partial charge is 0.469 e. The van der Waals surface area contributed by atoms with Gasteiger partial charge >= 0.3 is 12.6 Å². The van der Waals surface area contributed by atoms with Crippen LogP contribution in [-0.4, -0.2) is 57.9 Å². The van der Waals surface area contributed by atoms with Crippen LogP contribution in [-0.2, 0) is 9.53 Å². The van der Waals surface area contributed by atoms with E-state index in [-0.39, 0.29) is 41.7 Å². The van der Waals surface area contributed by atoms with Gasteiger partial charge in [0.1, 0.15) is 5.75 Å². The number of hydrogen-bond acceptors (Lipinski definition) is 5. The van der Waals surface area contributed by atoms with Crippen LogP contribution in [0, 0.1) is 0 Å². The first-order chi connectivity index (χ1) is 14.5. The summed E-state index contributed by atoms with van der Waals surface area (Å²) in [5.74, 6) is 0.759. The lowest BCUT2D eigenvalue weighted by Crippen LogP contribution is -2.44. The molecule has 10 heteroatoms. The van der Waals surface area contributed by atoms with Crippen LogP contribution in [0.4, 0.5) is 14.5 Å². The summed E-state index contributed by atoms with van der Waals surface area (Å²) in [6.07, 6.45) is 3.91. The minimum atomic E-state index is -2.84. The van der Waals surface area contributed by atoms with Crippen molar-refractivity contribution in [2.24, 2.45) is 4.99 Å². The predicted molar refractivity (Wildman–Crippen MR) is 129 cm³/mol. The molecule has 0 aliphatic carbocycles. The molecule has 1 atom stereocenters. The maximum atomic E-state index is 12.7.